The van der Waals surface area contributed by atoms with Crippen LogP contribution in [0.4, 0.5) is 0 Å². The van der Waals surface area contributed by atoms with Crippen LogP contribution in [0, 0.1) is 13.8 Å². The summed E-state index contributed by atoms with van der Waals surface area (Å²) in [6.45, 7) is 7.60. The van der Waals surface area contributed by atoms with Crippen molar-refractivity contribution in [3.63, 3.8) is 0 Å². The number of likely N-dealkylation sites (tertiary alicyclic amines) is 1. The maximum absolute atomic E-state index is 4.56. The SMILES string of the molecule is Cc1nc(CNC2CCN(C)CC2)sc1C. The van der Waals surface area contributed by atoms with Crippen LogP contribution in [0.3, 0.4) is 0 Å². The topological polar surface area (TPSA) is 28.2 Å². The average Bonchev–Trinajstić information content (AvgIpc) is 2.58. The van der Waals surface area contributed by atoms with Gasteiger partial charge in [0.05, 0.1) is 5.69 Å². The van der Waals surface area contributed by atoms with E-state index in [0.29, 0.717) is 6.04 Å². The highest BCUT2D eigenvalue weighted by Crippen LogP contribution is 2.17. The standard InChI is InChI=1S/C12H21N3S/c1-9-10(2)16-12(14-9)8-13-11-4-6-15(3)7-5-11/h11,13H,4-8H2,1-3H3. The van der Waals surface area contributed by atoms with Crippen LogP contribution in [0.1, 0.15) is 28.4 Å². The quantitative estimate of drug-likeness (QED) is 0.874. The third kappa shape index (κ3) is 3.03. The zero-order valence-corrected chi connectivity index (χ0v) is 11.2. The lowest BCUT2D eigenvalue weighted by molar-refractivity contribution is 0.234. The highest BCUT2D eigenvalue weighted by atomic mass is 32.1. The van der Waals surface area contributed by atoms with Crippen molar-refractivity contribution >= 4 is 11.3 Å². The molecule has 0 saturated carbocycles. The Morgan fingerprint density at radius 2 is 2.06 bits per heavy atom. The molecule has 3 nitrogen and oxygen atoms in total. The Morgan fingerprint density at radius 3 is 2.62 bits per heavy atom. The summed E-state index contributed by atoms with van der Waals surface area (Å²) >= 11 is 1.82. The molecule has 4 heteroatoms. The maximum atomic E-state index is 4.56. The lowest BCUT2D eigenvalue weighted by Crippen LogP contribution is -2.40. The summed E-state index contributed by atoms with van der Waals surface area (Å²) < 4.78 is 0. The number of piperidine rings is 1. The number of thiazole rings is 1. The molecule has 0 amide bonds. The van der Waals surface area contributed by atoms with Crippen LogP contribution in [-0.2, 0) is 6.54 Å². The van der Waals surface area contributed by atoms with Crippen molar-refractivity contribution < 1.29 is 0 Å². The summed E-state index contributed by atoms with van der Waals surface area (Å²) in [6.07, 6.45) is 2.53. The summed E-state index contributed by atoms with van der Waals surface area (Å²) in [5, 5.41) is 4.85. The van der Waals surface area contributed by atoms with Crippen LogP contribution >= 0.6 is 11.3 Å². The minimum Gasteiger partial charge on any atom is -0.308 e. The normalized spacial score (nSPS) is 19.2. The number of hydrogen-bond donors (Lipinski definition) is 1. The first-order valence-electron chi connectivity index (χ1n) is 6.00. The molecule has 1 saturated heterocycles. The van der Waals surface area contributed by atoms with E-state index in [9.17, 15) is 0 Å². The minimum absolute atomic E-state index is 0.681. The molecule has 1 aromatic rings. The Labute approximate surface area is 102 Å². The first-order chi connectivity index (χ1) is 7.65. The van der Waals surface area contributed by atoms with Gasteiger partial charge in [-0.05, 0) is 46.8 Å². The Bertz CT molecular complexity index is 321. The van der Waals surface area contributed by atoms with Crippen molar-refractivity contribution in [2.24, 2.45) is 0 Å². The molecule has 0 spiro atoms. The smallest absolute Gasteiger partial charge is 0.107 e. The molecule has 2 rings (SSSR count). The minimum atomic E-state index is 0.681. The first-order valence-corrected chi connectivity index (χ1v) is 6.81. The third-order valence-corrected chi connectivity index (χ3v) is 4.41. The van der Waals surface area contributed by atoms with Gasteiger partial charge in [0.25, 0.3) is 0 Å². The van der Waals surface area contributed by atoms with Crippen molar-refractivity contribution in [1.29, 1.82) is 0 Å². The van der Waals surface area contributed by atoms with Gasteiger partial charge < -0.3 is 10.2 Å². The van der Waals surface area contributed by atoms with Gasteiger partial charge in [-0.3, -0.25) is 0 Å². The van der Waals surface area contributed by atoms with E-state index in [4.69, 9.17) is 0 Å². The molecule has 0 aromatic carbocycles. The molecule has 0 bridgehead atoms. The molecule has 1 fully saturated rings. The molecule has 0 aliphatic carbocycles. The van der Waals surface area contributed by atoms with E-state index in [-0.39, 0.29) is 0 Å². The zero-order chi connectivity index (χ0) is 11.5. The van der Waals surface area contributed by atoms with Gasteiger partial charge >= 0.3 is 0 Å². The molecule has 0 unspecified atom stereocenters. The lowest BCUT2D eigenvalue weighted by atomic mass is 10.1. The van der Waals surface area contributed by atoms with Gasteiger partial charge in [-0.25, -0.2) is 4.98 Å². The predicted octanol–water partition coefficient (Wildman–Crippen LogP) is 1.94. The predicted molar refractivity (Wildman–Crippen MR) is 68.9 cm³/mol. The Balaban J connectivity index is 1.79. The summed E-state index contributed by atoms with van der Waals surface area (Å²) in [4.78, 5) is 8.30. The van der Waals surface area contributed by atoms with Crippen LogP contribution in [-0.4, -0.2) is 36.1 Å². The van der Waals surface area contributed by atoms with Crippen LogP contribution in [0.15, 0.2) is 0 Å². The summed E-state index contributed by atoms with van der Waals surface area (Å²) in [5.41, 5.74) is 1.19. The second-order valence-corrected chi connectivity index (χ2v) is 6.00. The van der Waals surface area contributed by atoms with Gasteiger partial charge in [0.2, 0.25) is 0 Å². The van der Waals surface area contributed by atoms with Crippen molar-refractivity contribution in [3.05, 3.63) is 15.6 Å². The Kier molecular flexibility index (Phi) is 3.95. The Hall–Kier alpha value is -0.450. The number of hydrogen-bond acceptors (Lipinski definition) is 4. The maximum Gasteiger partial charge on any atom is 0.107 e. The van der Waals surface area contributed by atoms with Crippen molar-refractivity contribution in [3.8, 4) is 0 Å². The molecule has 1 aliphatic rings. The number of aromatic nitrogens is 1. The van der Waals surface area contributed by atoms with Crippen LogP contribution in [0.5, 0.6) is 0 Å². The third-order valence-electron chi connectivity index (χ3n) is 3.33. The molecular formula is C12H21N3S. The fraction of sp³-hybridized carbons (Fsp3) is 0.750. The summed E-state index contributed by atoms with van der Waals surface area (Å²) in [6, 6.07) is 0.681. The fourth-order valence-electron chi connectivity index (χ4n) is 2.06. The van der Waals surface area contributed by atoms with Gasteiger partial charge in [0, 0.05) is 17.5 Å². The molecule has 0 atom stereocenters. The largest absolute Gasteiger partial charge is 0.308 e. The van der Waals surface area contributed by atoms with E-state index >= 15 is 0 Å². The average molecular weight is 239 g/mol. The van der Waals surface area contributed by atoms with Crippen LogP contribution < -0.4 is 5.32 Å². The molecular weight excluding hydrogens is 218 g/mol. The lowest BCUT2D eigenvalue weighted by Gasteiger charge is -2.29. The number of nitrogens with one attached hydrogen (secondary N) is 1. The second-order valence-electron chi connectivity index (χ2n) is 4.71. The van der Waals surface area contributed by atoms with E-state index in [0.717, 1.165) is 6.54 Å². The van der Waals surface area contributed by atoms with E-state index < -0.39 is 0 Å². The van der Waals surface area contributed by atoms with E-state index in [1.54, 1.807) is 0 Å². The molecule has 90 valence electrons. The molecule has 1 aromatic heterocycles. The highest BCUT2D eigenvalue weighted by Gasteiger charge is 2.16. The van der Waals surface area contributed by atoms with Gasteiger partial charge in [-0.15, -0.1) is 11.3 Å². The summed E-state index contributed by atoms with van der Waals surface area (Å²) in [5.74, 6) is 0. The molecule has 16 heavy (non-hydrogen) atoms. The molecule has 1 aliphatic heterocycles. The van der Waals surface area contributed by atoms with Gasteiger partial charge in [0.1, 0.15) is 5.01 Å². The number of rotatable bonds is 3. The van der Waals surface area contributed by atoms with Gasteiger partial charge in [-0.1, -0.05) is 0 Å². The van der Waals surface area contributed by atoms with E-state index in [1.165, 1.54) is 41.5 Å². The molecule has 2 heterocycles. The van der Waals surface area contributed by atoms with Crippen molar-refractivity contribution in [2.45, 2.75) is 39.3 Å². The second kappa shape index (κ2) is 5.25. The van der Waals surface area contributed by atoms with Crippen molar-refractivity contribution in [1.82, 2.24) is 15.2 Å². The first kappa shape index (κ1) is 12.0. The van der Waals surface area contributed by atoms with Crippen LogP contribution in [0.25, 0.3) is 0 Å². The van der Waals surface area contributed by atoms with Crippen molar-refractivity contribution in [2.75, 3.05) is 20.1 Å². The fourth-order valence-corrected chi connectivity index (χ4v) is 2.94. The highest BCUT2D eigenvalue weighted by molar-refractivity contribution is 7.11. The van der Waals surface area contributed by atoms with E-state index in [2.05, 4.69) is 36.1 Å². The number of aryl methyl sites for hydroxylation is 2. The Morgan fingerprint density at radius 1 is 1.38 bits per heavy atom. The zero-order valence-electron chi connectivity index (χ0n) is 10.4. The molecule has 0 radical (unpaired) electrons. The molecule has 1 N–H and O–H groups in total. The van der Waals surface area contributed by atoms with Gasteiger partial charge in [0.15, 0.2) is 0 Å². The summed E-state index contributed by atoms with van der Waals surface area (Å²) in [7, 11) is 2.20. The van der Waals surface area contributed by atoms with E-state index in [1.807, 2.05) is 11.3 Å². The van der Waals surface area contributed by atoms with Gasteiger partial charge in [-0.2, -0.15) is 0 Å². The van der Waals surface area contributed by atoms with Crippen LogP contribution in [0.2, 0.25) is 0 Å². The number of nitrogens with zero attached hydrogens (tertiary/aromatic N) is 2. The monoisotopic (exact) mass is 239 g/mol.